The normalized spacial score (nSPS) is 15.9. The lowest BCUT2D eigenvalue weighted by atomic mass is 10.4. The highest BCUT2D eigenvalue weighted by atomic mass is 79.9. The number of nitrogens with zero attached hydrogens (tertiary/aromatic N) is 4. The molecule has 1 aliphatic heterocycles. The van der Waals surface area contributed by atoms with Crippen molar-refractivity contribution >= 4 is 45.0 Å². The third kappa shape index (κ3) is 4.64. The first-order chi connectivity index (χ1) is 11.4. The average molecular weight is 443 g/mol. The van der Waals surface area contributed by atoms with Crippen LogP contribution in [0.5, 0.6) is 0 Å². The third-order valence-corrected chi connectivity index (χ3v) is 6.12. The van der Waals surface area contributed by atoms with Gasteiger partial charge in [0.15, 0.2) is 5.16 Å². The van der Waals surface area contributed by atoms with Gasteiger partial charge in [-0.2, -0.15) is 13.2 Å². The van der Waals surface area contributed by atoms with Crippen LogP contribution in [0.4, 0.5) is 19.1 Å². The molecule has 0 aromatic carbocycles. The molecule has 0 amide bonds. The Morgan fingerprint density at radius 3 is 2.62 bits per heavy atom. The van der Waals surface area contributed by atoms with Crippen molar-refractivity contribution in [2.75, 3.05) is 31.2 Å². The van der Waals surface area contributed by atoms with Crippen molar-refractivity contribution in [3.05, 3.63) is 20.8 Å². The molecule has 0 spiro atoms. The summed E-state index contributed by atoms with van der Waals surface area (Å²) in [6, 6.07) is 3.86. The Kier molecular flexibility index (Phi) is 5.73. The molecular weight excluding hydrogens is 429 g/mol. The van der Waals surface area contributed by atoms with E-state index in [4.69, 9.17) is 4.74 Å². The second-order valence-corrected chi connectivity index (χ2v) is 8.57. The van der Waals surface area contributed by atoms with Crippen LogP contribution in [0.1, 0.15) is 4.88 Å². The Hall–Kier alpha value is -0.780. The van der Waals surface area contributed by atoms with E-state index in [9.17, 15) is 13.2 Å². The van der Waals surface area contributed by atoms with Crippen LogP contribution in [0.25, 0.3) is 0 Å². The minimum atomic E-state index is -4.33. The van der Waals surface area contributed by atoms with Crippen LogP contribution in [0, 0.1) is 0 Å². The van der Waals surface area contributed by atoms with E-state index in [1.54, 1.807) is 16.2 Å². The van der Waals surface area contributed by atoms with E-state index in [0.29, 0.717) is 32.1 Å². The van der Waals surface area contributed by atoms with Crippen LogP contribution in [-0.2, 0) is 17.0 Å². The van der Waals surface area contributed by atoms with Gasteiger partial charge < -0.3 is 9.64 Å². The fourth-order valence-corrected chi connectivity index (χ4v) is 4.73. The molecule has 0 radical (unpaired) electrons. The van der Waals surface area contributed by atoms with Gasteiger partial charge in [0.2, 0.25) is 5.95 Å². The highest BCUT2D eigenvalue weighted by Gasteiger charge is 2.32. The van der Waals surface area contributed by atoms with Crippen molar-refractivity contribution in [3.8, 4) is 0 Å². The standard InChI is InChI=1S/C13H14BrF3N4OS2/c14-10-2-1-9(24-10)7-23-12-19-18-11(20-3-5-22-6-4-20)21(12)8-13(15,16)17/h1-2H,3-8H2. The van der Waals surface area contributed by atoms with E-state index >= 15 is 0 Å². The minimum absolute atomic E-state index is 0.255. The van der Waals surface area contributed by atoms with Gasteiger partial charge in [-0.15, -0.1) is 21.5 Å². The number of thioether (sulfide) groups is 1. The van der Waals surface area contributed by atoms with Crippen molar-refractivity contribution < 1.29 is 17.9 Å². The fraction of sp³-hybridized carbons (Fsp3) is 0.538. The van der Waals surface area contributed by atoms with Crippen molar-refractivity contribution in [1.82, 2.24) is 14.8 Å². The van der Waals surface area contributed by atoms with Crippen LogP contribution in [0.3, 0.4) is 0 Å². The molecule has 1 fully saturated rings. The van der Waals surface area contributed by atoms with Crippen molar-refractivity contribution in [2.45, 2.75) is 23.6 Å². The van der Waals surface area contributed by atoms with E-state index in [-0.39, 0.29) is 11.1 Å². The molecular formula is C13H14BrF3N4OS2. The van der Waals surface area contributed by atoms with Crippen LogP contribution in [-0.4, -0.2) is 47.2 Å². The van der Waals surface area contributed by atoms with Gasteiger partial charge >= 0.3 is 6.18 Å². The molecule has 1 aliphatic rings. The largest absolute Gasteiger partial charge is 0.406 e. The number of hydrogen-bond donors (Lipinski definition) is 0. The summed E-state index contributed by atoms with van der Waals surface area (Å²) in [4.78, 5) is 2.84. The van der Waals surface area contributed by atoms with Crippen molar-refractivity contribution in [2.24, 2.45) is 0 Å². The van der Waals surface area contributed by atoms with Crippen LogP contribution < -0.4 is 4.90 Å². The Morgan fingerprint density at radius 1 is 1.25 bits per heavy atom. The molecule has 2 aromatic heterocycles. The Labute approximate surface area is 153 Å². The molecule has 2 aromatic rings. The topological polar surface area (TPSA) is 43.2 Å². The van der Waals surface area contributed by atoms with Crippen molar-refractivity contribution in [3.63, 3.8) is 0 Å². The summed E-state index contributed by atoms with van der Waals surface area (Å²) in [5.74, 6) is 0.806. The molecule has 0 unspecified atom stereocenters. The number of anilines is 1. The smallest absolute Gasteiger partial charge is 0.378 e. The van der Waals surface area contributed by atoms with Gasteiger partial charge in [0.1, 0.15) is 6.54 Å². The molecule has 5 nitrogen and oxygen atoms in total. The molecule has 0 saturated carbocycles. The average Bonchev–Trinajstić information content (AvgIpc) is 3.11. The zero-order chi connectivity index (χ0) is 17.2. The summed E-state index contributed by atoms with van der Waals surface area (Å²) in [5, 5.41) is 8.26. The lowest BCUT2D eigenvalue weighted by Crippen LogP contribution is -2.38. The summed E-state index contributed by atoms with van der Waals surface area (Å²) >= 11 is 6.19. The molecule has 3 heterocycles. The van der Waals surface area contributed by atoms with Crippen LogP contribution in [0.15, 0.2) is 21.1 Å². The van der Waals surface area contributed by atoms with Gasteiger partial charge in [0.25, 0.3) is 0 Å². The zero-order valence-electron chi connectivity index (χ0n) is 12.4. The predicted octanol–water partition coefficient (Wildman–Crippen LogP) is 3.79. The quantitative estimate of drug-likeness (QED) is 0.658. The highest BCUT2D eigenvalue weighted by Crippen LogP contribution is 2.32. The van der Waals surface area contributed by atoms with E-state index in [1.165, 1.54) is 11.8 Å². The summed E-state index contributed by atoms with van der Waals surface area (Å²) in [6.07, 6.45) is -4.33. The van der Waals surface area contributed by atoms with Gasteiger partial charge in [-0.25, -0.2) is 0 Å². The summed E-state index contributed by atoms with van der Waals surface area (Å²) in [6.45, 7) is 0.884. The van der Waals surface area contributed by atoms with Crippen molar-refractivity contribution in [1.29, 1.82) is 0 Å². The Bertz CT molecular complexity index is 685. The van der Waals surface area contributed by atoms with E-state index in [0.717, 1.165) is 13.2 Å². The zero-order valence-corrected chi connectivity index (χ0v) is 15.6. The van der Waals surface area contributed by atoms with Gasteiger partial charge in [-0.3, -0.25) is 4.57 Å². The summed E-state index contributed by atoms with van der Waals surface area (Å²) in [7, 11) is 0. The Morgan fingerprint density at radius 2 is 2.00 bits per heavy atom. The Balaban J connectivity index is 1.80. The summed E-state index contributed by atoms with van der Waals surface area (Å²) in [5.41, 5.74) is 0. The van der Waals surface area contributed by atoms with E-state index < -0.39 is 12.7 Å². The second-order valence-electron chi connectivity index (χ2n) is 5.08. The minimum Gasteiger partial charge on any atom is -0.378 e. The van der Waals surface area contributed by atoms with E-state index in [1.807, 2.05) is 12.1 Å². The lowest BCUT2D eigenvalue weighted by molar-refractivity contribution is -0.141. The number of thiophene rings is 1. The number of morpholine rings is 1. The molecule has 24 heavy (non-hydrogen) atoms. The molecule has 3 rings (SSSR count). The first kappa shape index (κ1) is 18.0. The molecule has 0 bridgehead atoms. The van der Waals surface area contributed by atoms with Gasteiger partial charge in [0.05, 0.1) is 17.0 Å². The summed E-state index contributed by atoms with van der Waals surface area (Å²) < 4.78 is 46.3. The number of rotatable bonds is 5. The van der Waals surface area contributed by atoms with Crippen LogP contribution in [0.2, 0.25) is 0 Å². The van der Waals surface area contributed by atoms with E-state index in [2.05, 4.69) is 26.1 Å². The lowest BCUT2D eigenvalue weighted by Gasteiger charge is -2.28. The fourth-order valence-electron chi connectivity index (χ4n) is 2.27. The molecule has 11 heteroatoms. The number of alkyl halides is 3. The van der Waals surface area contributed by atoms with Crippen LogP contribution >= 0.6 is 39.0 Å². The molecule has 0 atom stereocenters. The molecule has 1 saturated heterocycles. The van der Waals surface area contributed by atoms with Gasteiger partial charge in [0, 0.05) is 23.7 Å². The number of halogens is 4. The first-order valence-electron chi connectivity index (χ1n) is 7.12. The third-order valence-electron chi connectivity index (χ3n) is 3.30. The van der Waals surface area contributed by atoms with Gasteiger partial charge in [-0.05, 0) is 28.1 Å². The molecule has 0 N–H and O–H groups in total. The first-order valence-corrected chi connectivity index (χ1v) is 9.71. The highest BCUT2D eigenvalue weighted by molar-refractivity contribution is 9.11. The maximum atomic E-state index is 13.0. The number of ether oxygens (including phenoxy) is 1. The number of hydrogen-bond acceptors (Lipinski definition) is 6. The maximum Gasteiger partial charge on any atom is 0.406 e. The second kappa shape index (κ2) is 7.63. The monoisotopic (exact) mass is 442 g/mol. The maximum absolute atomic E-state index is 13.0. The molecule has 132 valence electrons. The molecule has 0 aliphatic carbocycles. The number of aromatic nitrogens is 3. The predicted molar refractivity (Wildman–Crippen MR) is 90.7 cm³/mol. The van der Waals surface area contributed by atoms with Gasteiger partial charge in [-0.1, -0.05) is 11.8 Å². The SMILES string of the molecule is FC(F)(F)Cn1c(SCc2ccc(Br)s2)nnc1N1CCOCC1.